The Kier molecular flexibility index (Phi) is 5.09. The zero-order valence-corrected chi connectivity index (χ0v) is 11.3. The van der Waals surface area contributed by atoms with E-state index in [-0.39, 0.29) is 0 Å². The highest BCUT2D eigenvalue weighted by molar-refractivity contribution is 6.43. The quantitative estimate of drug-likeness (QED) is 0.891. The zero-order valence-electron chi connectivity index (χ0n) is 9.78. The number of hydrogen-bond acceptors (Lipinski definition) is 2. The smallest absolute Gasteiger partial charge is 0.326 e. The summed E-state index contributed by atoms with van der Waals surface area (Å²) in [4.78, 5) is 12.8. The summed E-state index contributed by atoms with van der Waals surface area (Å²) >= 11 is 12.0. The Morgan fingerprint density at radius 1 is 1.47 bits per heavy atom. The molecule has 0 aliphatic heterocycles. The Hall–Kier alpha value is -0.930. The fourth-order valence-electron chi connectivity index (χ4n) is 1.61. The van der Waals surface area contributed by atoms with Gasteiger partial charge in [-0.3, -0.25) is 0 Å². The van der Waals surface area contributed by atoms with Gasteiger partial charge in [0.2, 0.25) is 0 Å². The van der Waals surface area contributed by atoms with Gasteiger partial charge in [-0.05, 0) is 25.5 Å². The first-order chi connectivity index (χ1) is 7.99. The molecule has 0 aromatic heterocycles. The molecule has 94 valence electrons. The lowest BCUT2D eigenvalue weighted by atomic mass is 10.2. The molecule has 1 aromatic rings. The summed E-state index contributed by atoms with van der Waals surface area (Å²) in [6, 6.07) is 4.60. The molecule has 0 fully saturated rings. The molecule has 0 radical (unpaired) electrons. The highest BCUT2D eigenvalue weighted by Crippen LogP contribution is 2.33. The van der Waals surface area contributed by atoms with E-state index in [9.17, 15) is 4.79 Å². The molecule has 1 aromatic carbocycles. The minimum absolute atomic E-state index is 0.399. The van der Waals surface area contributed by atoms with Crippen LogP contribution in [0.15, 0.2) is 18.2 Å². The van der Waals surface area contributed by atoms with Crippen LogP contribution >= 0.6 is 23.2 Å². The molecule has 0 amide bonds. The van der Waals surface area contributed by atoms with Crippen molar-refractivity contribution in [3.05, 3.63) is 28.2 Å². The molecule has 0 unspecified atom stereocenters. The van der Waals surface area contributed by atoms with E-state index in [4.69, 9.17) is 28.3 Å². The Morgan fingerprint density at radius 3 is 2.65 bits per heavy atom. The van der Waals surface area contributed by atoms with Crippen LogP contribution in [-0.2, 0) is 4.79 Å². The molecule has 0 spiro atoms. The summed E-state index contributed by atoms with van der Waals surface area (Å²) in [6.45, 7) is 4.24. The number of carboxylic acids is 1. The number of aliphatic carboxylic acids is 1. The van der Waals surface area contributed by atoms with Crippen molar-refractivity contribution >= 4 is 34.9 Å². The van der Waals surface area contributed by atoms with Crippen molar-refractivity contribution in [2.75, 3.05) is 11.4 Å². The first-order valence-electron chi connectivity index (χ1n) is 5.42. The van der Waals surface area contributed by atoms with Gasteiger partial charge in [0.1, 0.15) is 6.04 Å². The minimum atomic E-state index is -0.880. The SMILES string of the molecule is CCCN(c1cccc(Cl)c1Cl)[C@@H](C)C(=O)O. The van der Waals surface area contributed by atoms with Gasteiger partial charge in [0.05, 0.1) is 15.7 Å². The van der Waals surface area contributed by atoms with E-state index in [1.165, 1.54) is 0 Å². The molecule has 0 saturated heterocycles. The van der Waals surface area contributed by atoms with E-state index in [1.54, 1.807) is 30.0 Å². The predicted molar refractivity (Wildman–Crippen MR) is 71.2 cm³/mol. The maximum Gasteiger partial charge on any atom is 0.326 e. The molecule has 1 N–H and O–H groups in total. The highest BCUT2D eigenvalue weighted by Gasteiger charge is 2.22. The van der Waals surface area contributed by atoms with Gasteiger partial charge in [0.25, 0.3) is 0 Å². The van der Waals surface area contributed by atoms with Gasteiger partial charge in [-0.1, -0.05) is 36.2 Å². The summed E-state index contributed by atoms with van der Waals surface area (Å²) in [6.07, 6.45) is 0.834. The van der Waals surface area contributed by atoms with Crippen LogP contribution < -0.4 is 4.90 Å². The van der Waals surface area contributed by atoms with Crippen LogP contribution in [0.3, 0.4) is 0 Å². The lowest BCUT2D eigenvalue weighted by Gasteiger charge is -2.29. The number of nitrogens with zero attached hydrogens (tertiary/aromatic N) is 1. The number of hydrogen-bond donors (Lipinski definition) is 1. The normalized spacial score (nSPS) is 12.2. The van der Waals surface area contributed by atoms with Crippen molar-refractivity contribution in [2.24, 2.45) is 0 Å². The molecule has 0 aliphatic carbocycles. The number of anilines is 1. The van der Waals surface area contributed by atoms with Gasteiger partial charge in [-0.2, -0.15) is 0 Å². The number of rotatable bonds is 5. The maximum absolute atomic E-state index is 11.1. The average Bonchev–Trinajstić information content (AvgIpc) is 2.29. The molecule has 0 bridgehead atoms. The van der Waals surface area contributed by atoms with Crippen LogP contribution in [0.1, 0.15) is 20.3 Å². The minimum Gasteiger partial charge on any atom is -0.480 e. The van der Waals surface area contributed by atoms with Gasteiger partial charge in [0.15, 0.2) is 0 Å². The van der Waals surface area contributed by atoms with E-state index in [1.807, 2.05) is 6.92 Å². The predicted octanol–water partition coefficient (Wildman–Crippen LogP) is 3.68. The second kappa shape index (κ2) is 6.12. The first-order valence-corrected chi connectivity index (χ1v) is 6.18. The van der Waals surface area contributed by atoms with Crippen molar-refractivity contribution in [3.8, 4) is 0 Å². The van der Waals surface area contributed by atoms with Gasteiger partial charge >= 0.3 is 5.97 Å². The summed E-state index contributed by atoms with van der Waals surface area (Å²) in [5, 5.41) is 9.91. The molecular weight excluding hydrogens is 261 g/mol. The number of carbonyl (C=O) groups is 1. The van der Waals surface area contributed by atoms with Crippen LogP contribution in [-0.4, -0.2) is 23.7 Å². The largest absolute Gasteiger partial charge is 0.480 e. The maximum atomic E-state index is 11.1. The van der Waals surface area contributed by atoms with Gasteiger partial charge in [0, 0.05) is 6.54 Å². The van der Waals surface area contributed by atoms with E-state index in [0.717, 1.165) is 6.42 Å². The Bertz CT molecular complexity index is 409. The Morgan fingerprint density at radius 2 is 2.12 bits per heavy atom. The molecule has 1 atom stereocenters. The third-order valence-electron chi connectivity index (χ3n) is 2.53. The van der Waals surface area contributed by atoms with E-state index < -0.39 is 12.0 Å². The number of benzene rings is 1. The van der Waals surface area contributed by atoms with Gasteiger partial charge in [-0.25, -0.2) is 4.79 Å². The summed E-state index contributed by atoms with van der Waals surface area (Å²) in [5.74, 6) is -0.880. The molecule has 3 nitrogen and oxygen atoms in total. The molecule has 5 heteroatoms. The van der Waals surface area contributed by atoms with Crippen LogP contribution in [0.5, 0.6) is 0 Å². The lowest BCUT2D eigenvalue weighted by Crippen LogP contribution is -2.39. The Labute approximate surface area is 111 Å². The number of halogens is 2. The second-order valence-corrected chi connectivity index (χ2v) is 4.57. The zero-order chi connectivity index (χ0) is 13.0. The van der Waals surface area contributed by atoms with Crippen LogP contribution in [0, 0.1) is 0 Å². The van der Waals surface area contributed by atoms with Crippen molar-refractivity contribution < 1.29 is 9.90 Å². The van der Waals surface area contributed by atoms with E-state index >= 15 is 0 Å². The molecule has 0 saturated carbocycles. The fraction of sp³-hybridized carbons (Fsp3) is 0.417. The monoisotopic (exact) mass is 275 g/mol. The van der Waals surface area contributed by atoms with E-state index in [0.29, 0.717) is 22.3 Å². The third kappa shape index (κ3) is 3.27. The molecule has 0 heterocycles. The fourth-order valence-corrected chi connectivity index (χ4v) is 2.02. The molecule has 0 aliphatic rings. The summed E-state index contributed by atoms with van der Waals surface area (Å²) < 4.78 is 0. The van der Waals surface area contributed by atoms with Gasteiger partial charge < -0.3 is 10.0 Å². The number of carboxylic acid groups (broad SMARTS) is 1. The highest BCUT2D eigenvalue weighted by atomic mass is 35.5. The second-order valence-electron chi connectivity index (χ2n) is 3.78. The third-order valence-corrected chi connectivity index (χ3v) is 3.34. The average molecular weight is 276 g/mol. The Balaban J connectivity index is 3.13. The van der Waals surface area contributed by atoms with Crippen LogP contribution in [0.2, 0.25) is 10.0 Å². The van der Waals surface area contributed by atoms with Crippen LogP contribution in [0.25, 0.3) is 0 Å². The first kappa shape index (κ1) is 14.1. The van der Waals surface area contributed by atoms with Crippen molar-refractivity contribution in [1.82, 2.24) is 0 Å². The topological polar surface area (TPSA) is 40.5 Å². The lowest BCUT2D eigenvalue weighted by molar-refractivity contribution is -0.138. The van der Waals surface area contributed by atoms with Crippen molar-refractivity contribution in [1.29, 1.82) is 0 Å². The summed E-state index contributed by atoms with van der Waals surface area (Å²) in [7, 11) is 0. The standard InChI is InChI=1S/C12H15Cl2NO2/c1-3-7-15(8(2)12(16)17)10-6-4-5-9(13)11(10)14/h4-6,8H,3,7H2,1-2H3,(H,16,17)/t8-/m0/s1. The van der Waals surface area contributed by atoms with Crippen LogP contribution in [0.4, 0.5) is 5.69 Å². The molecule has 17 heavy (non-hydrogen) atoms. The van der Waals surface area contributed by atoms with Gasteiger partial charge in [-0.15, -0.1) is 0 Å². The van der Waals surface area contributed by atoms with E-state index in [2.05, 4.69) is 0 Å². The van der Waals surface area contributed by atoms with Crippen molar-refractivity contribution in [2.45, 2.75) is 26.3 Å². The molecule has 1 rings (SSSR count). The molecular formula is C12H15Cl2NO2. The van der Waals surface area contributed by atoms with Crippen molar-refractivity contribution in [3.63, 3.8) is 0 Å². The summed E-state index contributed by atoms with van der Waals surface area (Å²) in [5.41, 5.74) is 0.663.